The van der Waals surface area contributed by atoms with Crippen molar-refractivity contribution in [1.29, 1.82) is 0 Å². The number of anilines is 1. The minimum absolute atomic E-state index is 0.243. The Labute approximate surface area is 144 Å². The number of carbonyl (C=O) groups excluding carboxylic acids is 1. The van der Waals surface area contributed by atoms with Crippen LogP contribution in [0.3, 0.4) is 0 Å². The lowest BCUT2D eigenvalue weighted by atomic mass is 10.1. The van der Waals surface area contributed by atoms with E-state index in [0.717, 1.165) is 24.3 Å². The predicted octanol–water partition coefficient (Wildman–Crippen LogP) is 2.00. The Morgan fingerprint density at radius 3 is 2.29 bits per heavy atom. The van der Waals surface area contributed by atoms with E-state index in [1.54, 1.807) is 4.90 Å². The lowest BCUT2D eigenvalue weighted by Gasteiger charge is -2.36. The number of hydrogen-bond donors (Lipinski definition) is 2. The largest absolute Gasteiger partial charge is 0.444 e. The normalized spacial score (nSPS) is 16.9. The Bertz CT molecular complexity index is 531. The minimum atomic E-state index is -0.493. The van der Waals surface area contributed by atoms with Gasteiger partial charge in [0.15, 0.2) is 0 Å². The number of amides is 1. The molecule has 134 valence electrons. The Morgan fingerprint density at radius 2 is 1.79 bits per heavy atom. The van der Waals surface area contributed by atoms with Gasteiger partial charge in [-0.05, 0) is 45.5 Å². The van der Waals surface area contributed by atoms with Gasteiger partial charge >= 0.3 is 6.09 Å². The van der Waals surface area contributed by atoms with E-state index >= 15 is 0 Å². The molecular weight excluding hydrogens is 306 g/mol. The average molecular weight is 335 g/mol. The van der Waals surface area contributed by atoms with Gasteiger partial charge < -0.3 is 25.0 Å². The number of carbonyl (C=O) groups is 1. The van der Waals surface area contributed by atoms with Crippen LogP contribution in [0, 0.1) is 0 Å². The SMILES string of the molecule is CNCC(O)c1ccc(N2CCN(C(=O)OC(C)(C)C)CC2)cc1. The summed E-state index contributed by atoms with van der Waals surface area (Å²) in [5, 5.41) is 12.9. The molecule has 1 aromatic carbocycles. The highest BCUT2D eigenvalue weighted by molar-refractivity contribution is 5.68. The number of aliphatic hydroxyl groups is 1. The molecule has 1 fully saturated rings. The van der Waals surface area contributed by atoms with Crippen LogP contribution in [0.5, 0.6) is 0 Å². The van der Waals surface area contributed by atoms with Crippen LogP contribution in [0.25, 0.3) is 0 Å². The van der Waals surface area contributed by atoms with Crippen molar-refractivity contribution in [2.45, 2.75) is 32.5 Å². The summed E-state index contributed by atoms with van der Waals surface area (Å²) in [5.74, 6) is 0. The molecule has 2 rings (SSSR count). The van der Waals surface area contributed by atoms with Gasteiger partial charge in [0, 0.05) is 38.4 Å². The van der Waals surface area contributed by atoms with Crippen LogP contribution >= 0.6 is 0 Å². The number of benzene rings is 1. The number of nitrogens with zero attached hydrogens (tertiary/aromatic N) is 2. The van der Waals surface area contributed by atoms with Crippen LogP contribution in [0.4, 0.5) is 10.5 Å². The van der Waals surface area contributed by atoms with Crippen molar-refractivity contribution in [2.24, 2.45) is 0 Å². The van der Waals surface area contributed by atoms with Crippen molar-refractivity contribution < 1.29 is 14.6 Å². The quantitative estimate of drug-likeness (QED) is 0.881. The summed E-state index contributed by atoms with van der Waals surface area (Å²) in [4.78, 5) is 16.1. The summed E-state index contributed by atoms with van der Waals surface area (Å²) in [7, 11) is 1.82. The van der Waals surface area contributed by atoms with E-state index in [1.807, 2.05) is 52.1 Å². The van der Waals surface area contributed by atoms with E-state index in [1.165, 1.54) is 0 Å². The second-order valence-corrected chi connectivity index (χ2v) is 7.12. The number of hydrogen-bond acceptors (Lipinski definition) is 5. The minimum Gasteiger partial charge on any atom is -0.444 e. The molecule has 1 heterocycles. The average Bonchev–Trinajstić information content (AvgIpc) is 2.54. The first-order valence-corrected chi connectivity index (χ1v) is 8.45. The summed E-state index contributed by atoms with van der Waals surface area (Å²) < 4.78 is 5.42. The zero-order chi connectivity index (χ0) is 17.7. The third-order valence-electron chi connectivity index (χ3n) is 3.97. The number of likely N-dealkylation sites (N-methyl/N-ethyl adjacent to an activating group) is 1. The first kappa shape index (κ1) is 18.5. The van der Waals surface area contributed by atoms with Crippen LogP contribution in [0.2, 0.25) is 0 Å². The van der Waals surface area contributed by atoms with Crippen LogP contribution in [-0.4, -0.2) is 61.5 Å². The van der Waals surface area contributed by atoms with E-state index in [4.69, 9.17) is 4.74 Å². The second kappa shape index (κ2) is 7.85. The Hall–Kier alpha value is -1.79. The molecule has 0 bridgehead atoms. The molecule has 0 radical (unpaired) electrons. The van der Waals surface area contributed by atoms with Crippen molar-refractivity contribution in [3.8, 4) is 0 Å². The van der Waals surface area contributed by atoms with Crippen LogP contribution in [-0.2, 0) is 4.74 Å². The number of aliphatic hydroxyl groups excluding tert-OH is 1. The standard InChI is InChI=1S/C18H29N3O3/c1-18(2,3)24-17(23)21-11-9-20(10-12-21)15-7-5-14(6-8-15)16(22)13-19-4/h5-8,16,19,22H,9-13H2,1-4H3. The second-order valence-electron chi connectivity index (χ2n) is 7.12. The highest BCUT2D eigenvalue weighted by Crippen LogP contribution is 2.21. The van der Waals surface area contributed by atoms with Crippen molar-refractivity contribution >= 4 is 11.8 Å². The molecule has 0 spiro atoms. The molecule has 1 atom stereocenters. The fraction of sp³-hybridized carbons (Fsp3) is 0.611. The smallest absolute Gasteiger partial charge is 0.410 e. The van der Waals surface area contributed by atoms with Crippen molar-refractivity contribution in [2.75, 3.05) is 44.7 Å². The number of nitrogens with one attached hydrogen (secondary N) is 1. The molecule has 1 aliphatic rings. The molecule has 24 heavy (non-hydrogen) atoms. The van der Waals surface area contributed by atoms with E-state index in [0.29, 0.717) is 19.6 Å². The highest BCUT2D eigenvalue weighted by Gasteiger charge is 2.25. The van der Waals surface area contributed by atoms with Crippen LogP contribution in [0.15, 0.2) is 24.3 Å². The molecule has 2 N–H and O–H groups in total. The van der Waals surface area contributed by atoms with Gasteiger partial charge in [0.1, 0.15) is 5.60 Å². The van der Waals surface area contributed by atoms with Gasteiger partial charge in [-0.25, -0.2) is 4.79 Å². The van der Waals surface area contributed by atoms with Gasteiger partial charge in [0.2, 0.25) is 0 Å². The lowest BCUT2D eigenvalue weighted by molar-refractivity contribution is 0.0240. The number of ether oxygens (including phenoxy) is 1. The summed E-state index contributed by atoms with van der Waals surface area (Å²) in [6, 6.07) is 7.96. The monoisotopic (exact) mass is 335 g/mol. The molecule has 0 aliphatic carbocycles. The van der Waals surface area contributed by atoms with E-state index in [9.17, 15) is 9.90 Å². The highest BCUT2D eigenvalue weighted by atomic mass is 16.6. The molecular formula is C18H29N3O3. The maximum Gasteiger partial charge on any atom is 0.410 e. The van der Waals surface area contributed by atoms with Gasteiger partial charge in [-0.15, -0.1) is 0 Å². The molecule has 0 aromatic heterocycles. The lowest BCUT2D eigenvalue weighted by Crippen LogP contribution is -2.50. The third kappa shape index (κ3) is 5.11. The Balaban J connectivity index is 1.89. The van der Waals surface area contributed by atoms with Crippen molar-refractivity contribution in [3.05, 3.63) is 29.8 Å². The van der Waals surface area contributed by atoms with E-state index in [-0.39, 0.29) is 6.09 Å². The predicted molar refractivity (Wildman–Crippen MR) is 95.3 cm³/mol. The van der Waals surface area contributed by atoms with E-state index < -0.39 is 11.7 Å². The zero-order valence-corrected chi connectivity index (χ0v) is 15.1. The van der Waals surface area contributed by atoms with Gasteiger partial charge in [0.25, 0.3) is 0 Å². The number of piperazine rings is 1. The molecule has 1 amide bonds. The first-order valence-electron chi connectivity index (χ1n) is 8.45. The number of rotatable bonds is 4. The molecule has 0 saturated carbocycles. The summed E-state index contributed by atoms with van der Waals surface area (Å²) >= 11 is 0. The molecule has 6 heteroatoms. The van der Waals surface area contributed by atoms with Gasteiger partial charge in [-0.3, -0.25) is 0 Å². The maximum absolute atomic E-state index is 12.1. The summed E-state index contributed by atoms with van der Waals surface area (Å²) in [6.07, 6.45) is -0.735. The van der Waals surface area contributed by atoms with Gasteiger partial charge in [-0.2, -0.15) is 0 Å². The molecule has 1 saturated heterocycles. The summed E-state index contributed by atoms with van der Waals surface area (Å²) in [6.45, 7) is 9.03. The van der Waals surface area contributed by atoms with Gasteiger partial charge in [0.05, 0.1) is 6.10 Å². The zero-order valence-electron chi connectivity index (χ0n) is 15.1. The Kier molecular flexibility index (Phi) is 6.07. The molecule has 1 unspecified atom stereocenters. The fourth-order valence-corrected chi connectivity index (χ4v) is 2.69. The summed E-state index contributed by atoms with van der Waals surface area (Å²) in [5.41, 5.74) is 1.55. The Morgan fingerprint density at radius 1 is 1.21 bits per heavy atom. The van der Waals surface area contributed by atoms with Gasteiger partial charge in [-0.1, -0.05) is 12.1 Å². The molecule has 1 aromatic rings. The maximum atomic E-state index is 12.1. The van der Waals surface area contributed by atoms with E-state index in [2.05, 4.69) is 10.2 Å². The van der Waals surface area contributed by atoms with Crippen molar-refractivity contribution in [1.82, 2.24) is 10.2 Å². The topological polar surface area (TPSA) is 65.0 Å². The van der Waals surface area contributed by atoms with Crippen LogP contribution in [0.1, 0.15) is 32.4 Å². The van der Waals surface area contributed by atoms with Crippen molar-refractivity contribution in [3.63, 3.8) is 0 Å². The third-order valence-corrected chi connectivity index (χ3v) is 3.97. The fourth-order valence-electron chi connectivity index (χ4n) is 2.69. The molecule has 6 nitrogen and oxygen atoms in total. The molecule has 1 aliphatic heterocycles. The first-order chi connectivity index (χ1) is 11.3. The van der Waals surface area contributed by atoms with Crippen LogP contribution < -0.4 is 10.2 Å².